The molecule has 0 aromatic heterocycles. The highest BCUT2D eigenvalue weighted by atomic mass is 32.2. The highest BCUT2D eigenvalue weighted by Crippen LogP contribution is 2.22. The Morgan fingerprint density at radius 1 is 0.783 bits per heavy atom. The average Bonchev–Trinajstić information content (AvgIpc) is 2.47. The molecular formula is C19H32O3S. The van der Waals surface area contributed by atoms with Crippen LogP contribution in [0.4, 0.5) is 0 Å². The Labute approximate surface area is 142 Å². The predicted molar refractivity (Wildman–Crippen MR) is 97.6 cm³/mol. The number of hydrogen-bond acceptors (Lipinski definition) is 3. The summed E-state index contributed by atoms with van der Waals surface area (Å²) in [6.45, 7) is 6.22. The second kappa shape index (κ2) is 10.7. The maximum absolute atomic E-state index is 11.9. The lowest BCUT2D eigenvalue weighted by molar-refractivity contribution is 0.484. The Morgan fingerprint density at radius 3 is 1.74 bits per heavy atom. The maximum atomic E-state index is 11.9. The van der Waals surface area contributed by atoms with Gasteiger partial charge in [-0.15, -0.1) is 0 Å². The highest BCUT2D eigenvalue weighted by Gasteiger charge is 2.12. The van der Waals surface area contributed by atoms with Gasteiger partial charge in [-0.3, -0.25) is 0 Å². The van der Waals surface area contributed by atoms with Crippen molar-refractivity contribution in [1.29, 1.82) is 0 Å². The molecule has 0 atom stereocenters. The normalized spacial score (nSPS) is 11.6. The van der Waals surface area contributed by atoms with Crippen LogP contribution in [0.1, 0.15) is 76.8 Å². The van der Waals surface area contributed by atoms with Crippen molar-refractivity contribution in [2.45, 2.75) is 78.6 Å². The van der Waals surface area contributed by atoms with E-state index in [1.165, 1.54) is 36.8 Å². The molecule has 0 unspecified atom stereocenters. The van der Waals surface area contributed by atoms with E-state index >= 15 is 0 Å². The second-order valence-electron chi connectivity index (χ2n) is 6.24. The van der Waals surface area contributed by atoms with Crippen molar-refractivity contribution in [3.05, 3.63) is 29.3 Å². The number of unbranched alkanes of at least 4 members (excludes halogenated alkanes) is 4. The van der Waals surface area contributed by atoms with Crippen molar-refractivity contribution < 1.29 is 12.6 Å². The molecule has 0 saturated heterocycles. The standard InChI is InChI=1S/C19H32O3S/c1-4-7-9-11-17-14-18(12-10-8-5-2)16-19(15-17)22-23(20,21)13-6-3/h14-16H,4-13H2,1-3H3. The molecule has 132 valence electrons. The van der Waals surface area contributed by atoms with Crippen LogP contribution in [0.3, 0.4) is 0 Å². The molecule has 0 amide bonds. The maximum Gasteiger partial charge on any atom is 0.309 e. The lowest BCUT2D eigenvalue weighted by Crippen LogP contribution is -2.13. The predicted octanol–water partition coefficient (Wildman–Crippen LogP) is 5.27. The van der Waals surface area contributed by atoms with Crippen LogP contribution in [0.15, 0.2) is 18.2 Å². The molecule has 23 heavy (non-hydrogen) atoms. The smallest absolute Gasteiger partial charge is 0.309 e. The minimum atomic E-state index is -3.47. The van der Waals surface area contributed by atoms with Gasteiger partial charge in [-0.05, 0) is 55.4 Å². The third kappa shape index (κ3) is 8.40. The van der Waals surface area contributed by atoms with Gasteiger partial charge in [0.05, 0.1) is 5.75 Å². The van der Waals surface area contributed by atoms with Gasteiger partial charge in [-0.25, -0.2) is 0 Å². The van der Waals surface area contributed by atoms with E-state index in [0.717, 1.165) is 25.7 Å². The number of rotatable bonds is 12. The lowest BCUT2D eigenvalue weighted by atomic mass is 10.0. The van der Waals surface area contributed by atoms with Gasteiger partial charge in [0.2, 0.25) is 0 Å². The highest BCUT2D eigenvalue weighted by molar-refractivity contribution is 7.87. The van der Waals surface area contributed by atoms with E-state index in [1.54, 1.807) is 0 Å². The van der Waals surface area contributed by atoms with Crippen molar-refractivity contribution in [2.75, 3.05) is 5.75 Å². The zero-order valence-electron chi connectivity index (χ0n) is 14.9. The van der Waals surface area contributed by atoms with Crippen molar-refractivity contribution >= 4 is 10.1 Å². The summed E-state index contributed by atoms with van der Waals surface area (Å²) >= 11 is 0. The van der Waals surface area contributed by atoms with E-state index in [2.05, 4.69) is 19.9 Å². The fraction of sp³-hybridized carbons (Fsp3) is 0.684. The SMILES string of the molecule is CCCCCc1cc(CCCCC)cc(OS(=O)(=O)CCC)c1. The first-order chi connectivity index (χ1) is 11.0. The largest absolute Gasteiger partial charge is 0.382 e. The van der Waals surface area contributed by atoms with Gasteiger partial charge in [0.1, 0.15) is 5.75 Å². The second-order valence-corrected chi connectivity index (χ2v) is 7.93. The molecule has 0 spiro atoms. The molecule has 4 heteroatoms. The molecule has 0 N–H and O–H groups in total. The summed E-state index contributed by atoms with van der Waals surface area (Å²) in [5.74, 6) is 0.553. The molecule has 1 aromatic carbocycles. The summed E-state index contributed by atoms with van der Waals surface area (Å²) in [6, 6.07) is 6.00. The number of benzene rings is 1. The van der Waals surface area contributed by atoms with Crippen LogP contribution in [0.25, 0.3) is 0 Å². The van der Waals surface area contributed by atoms with Crippen LogP contribution in [0.5, 0.6) is 5.75 Å². The quantitative estimate of drug-likeness (QED) is 0.384. The minimum Gasteiger partial charge on any atom is -0.382 e. The van der Waals surface area contributed by atoms with Crippen LogP contribution >= 0.6 is 0 Å². The molecule has 0 bridgehead atoms. The monoisotopic (exact) mass is 340 g/mol. The van der Waals surface area contributed by atoms with Crippen LogP contribution in [0, 0.1) is 0 Å². The Morgan fingerprint density at radius 2 is 1.30 bits per heavy atom. The Hall–Kier alpha value is -1.03. The van der Waals surface area contributed by atoms with E-state index in [9.17, 15) is 8.42 Å². The summed E-state index contributed by atoms with van der Waals surface area (Å²) in [5.41, 5.74) is 2.38. The molecule has 1 rings (SSSR count). The van der Waals surface area contributed by atoms with Gasteiger partial charge in [0.25, 0.3) is 0 Å². The summed E-state index contributed by atoms with van der Waals surface area (Å²) in [4.78, 5) is 0. The van der Waals surface area contributed by atoms with Gasteiger partial charge in [-0.2, -0.15) is 8.42 Å². The molecule has 0 aliphatic rings. The zero-order chi connectivity index (χ0) is 17.1. The Kier molecular flexibility index (Phi) is 9.30. The minimum absolute atomic E-state index is 0.0677. The van der Waals surface area contributed by atoms with Crippen LogP contribution < -0.4 is 4.18 Å². The van der Waals surface area contributed by atoms with E-state index in [1.807, 2.05) is 19.1 Å². The van der Waals surface area contributed by atoms with Gasteiger partial charge < -0.3 is 4.18 Å². The van der Waals surface area contributed by atoms with Gasteiger partial charge in [0, 0.05) is 0 Å². The molecule has 0 fully saturated rings. The topological polar surface area (TPSA) is 43.4 Å². The van der Waals surface area contributed by atoms with Gasteiger partial charge in [-0.1, -0.05) is 52.5 Å². The van der Waals surface area contributed by atoms with Crippen molar-refractivity contribution in [1.82, 2.24) is 0 Å². The van der Waals surface area contributed by atoms with Crippen LogP contribution in [-0.4, -0.2) is 14.2 Å². The third-order valence-corrected chi connectivity index (χ3v) is 5.20. The Balaban J connectivity index is 2.88. The van der Waals surface area contributed by atoms with Gasteiger partial charge in [0.15, 0.2) is 0 Å². The molecule has 0 aliphatic heterocycles. The molecule has 0 radical (unpaired) electrons. The summed E-state index contributed by atoms with van der Waals surface area (Å²) in [5, 5.41) is 0. The zero-order valence-corrected chi connectivity index (χ0v) is 15.8. The summed E-state index contributed by atoms with van der Waals surface area (Å²) < 4.78 is 29.2. The van der Waals surface area contributed by atoms with Crippen molar-refractivity contribution in [3.63, 3.8) is 0 Å². The van der Waals surface area contributed by atoms with E-state index < -0.39 is 10.1 Å². The molecule has 0 heterocycles. The lowest BCUT2D eigenvalue weighted by Gasteiger charge is -2.11. The third-order valence-electron chi connectivity index (χ3n) is 3.84. The van der Waals surface area contributed by atoms with Crippen molar-refractivity contribution in [2.24, 2.45) is 0 Å². The molecule has 1 aromatic rings. The molecule has 0 saturated carbocycles. The number of hydrogen-bond donors (Lipinski definition) is 0. The molecule has 3 nitrogen and oxygen atoms in total. The average molecular weight is 341 g/mol. The molecular weight excluding hydrogens is 308 g/mol. The fourth-order valence-corrected chi connectivity index (χ4v) is 3.63. The van der Waals surface area contributed by atoms with Crippen LogP contribution in [0.2, 0.25) is 0 Å². The first kappa shape index (κ1) is 20.0. The summed E-state index contributed by atoms with van der Waals surface area (Å²) in [7, 11) is -3.47. The number of aryl methyl sites for hydroxylation is 2. The van der Waals surface area contributed by atoms with Crippen LogP contribution in [-0.2, 0) is 23.0 Å². The fourth-order valence-electron chi connectivity index (χ4n) is 2.66. The van der Waals surface area contributed by atoms with Crippen molar-refractivity contribution in [3.8, 4) is 5.75 Å². The van der Waals surface area contributed by atoms with E-state index in [0.29, 0.717) is 12.2 Å². The van der Waals surface area contributed by atoms with E-state index in [4.69, 9.17) is 4.18 Å². The Bertz CT molecular complexity index is 521. The summed E-state index contributed by atoms with van der Waals surface area (Å²) in [6.07, 6.45) is 9.58. The first-order valence-corrected chi connectivity index (χ1v) is 10.6. The van der Waals surface area contributed by atoms with E-state index in [-0.39, 0.29) is 5.75 Å². The van der Waals surface area contributed by atoms with Gasteiger partial charge >= 0.3 is 10.1 Å². The first-order valence-electron chi connectivity index (χ1n) is 9.05. The molecule has 0 aliphatic carbocycles.